The average molecular weight is 466 g/mol. The molecular weight excluding hydrogens is 434 g/mol. The first kappa shape index (κ1) is 23.5. The first-order valence-corrected chi connectivity index (χ1v) is 11.5. The fraction of sp³-hybridized carbons (Fsp3) is 0.440. The summed E-state index contributed by atoms with van der Waals surface area (Å²) >= 11 is 0. The Morgan fingerprint density at radius 2 is 1.82 bits per heavy atom. The summed E-state index contributed by atoms with van der Waals surface area (Å²) in [6, 6.07) is 7.33. The Morgan fingerprint density at radius 1 is 1.09 bits per heavy atom. The van der Waals surface area contributed by atoms with E-state index in [1.807, 2.05) is 20.8 Å². The summed E-state index contributed by atoms with van der Waals surface area (Å²) in [5.41, 5.74) is 1.12. The zero-order valence-corrected chi connectivity index (χ0v) is 20.0. The van der Waals surface area contributed by atoms with Gasteiger partial charge in [-0.1, -0.05) is 12.1 Å². The Bertz CT molecular complexity index is 1180. The van der Waals surface area contributed by atoms with Crippen LogP contribution in [0.3, 0.4) is 0 Å². The van der Waals surface area contributed by atoms with Gasteiger partial charge in [-0.05, 0) is 58.6 Å². The van der Waals surface area contributed by atoms with Crippen LogP contribution >= 0.6 is 0 Å². The number of rotatable bonds is 6. The van der Waals surface area contributed by atoms with Crippen molar-refractivity contribution in [2.24, 2.45) is 0 Å². The van der Waals surface area contributed by atoms with Crippen molar-refractivity contribution in [2.75, 3.05) is 12.4 Å². The summed E-state index contributed by atoms with van der Waals surface area (Å²) in [6.07, 6.45) is 6.15. The number of alkyl carbamates (subject to hydrolysis) is 1. The standard InChI is InChI=1S/C25H31N5O4/c1-25(2,3)34-24(32)30-17-10-8-16(9-11-17)29-23-20-19(13-26-22(20)27-14-28-23)21(31)15-6-5-7-18(12-15)33-4/h5-7,12-14,16-17H,8-11H2,1-4H3,(H,30,32)(H2,26,27,28,29)/t16-,17+. The number of nitrogens with zero attached hydrogens (tertiary/aromatic N) is 2. The van der Waals surface area contributed by atoms with Crippen molar-refractivity contribution in [1.82, 2.24) is 20.3 Å². The number of carbonyl (C=O) groups excluding carboxylic acids is 2. The molecule has 2 aromatic heterocycles. The number of methoxy groups -OCH3 is 1. The molecule has 0 aliphatic heterocycles. The number of aromatic amines is 1. The highest BCUT2D eigenvalue weighted by Gasteiger charge is 2.26. The van der Waals surface area contributed by atoms with Gasteiger partial charge in [-0.3, -0.25) is 4.79 Å². The van der Waals surface area contributed by atoms with Crippen LogP contribution in [0.15, 0.2) is 36.8 Å². The van der Waals surface area contributed by atoms with E-state index < -0.39 is 5.60 Å². The van der Waals surface area contributed by atoms with Crippen LogP contribution in [0.4, 0.5) is 10.6 Å². The molecule has 0 saturated heterocycles. The van der Waals surface area contributed by atoms with E-state index in [4.69, 9.17) is 9.47 Å². The molecule has 9 heteroatoms. The summed E-state index contributed by atoms with van der Waals surface area (Å²) < 4.78 is 10.6. The van der Waals surface area contributed by atoms with Gasteiger partial charge in [0.1, 0.15) is 29.1 Å². The van der Waals surface area contributed by atoms with Gasteiger partial charge in [0.25, 0.3) is 0 Å². The number of anilines is 1. The van der Waals surface area contributed by atoms with E-state index in [9.17, 15) is 9.59 Å². The van der Waals surface area contributed by atoms with Gasteiger partial charge in [-0.2, -0.15) is 0 Å². The molecular formula is C25H31N5O4. The van der Waals surface area contributed by atoms with Crippen LogP contribution in [0.1, 0.15) is 62.4 Å². The molecule has 4 rings (SSSR count). The monoisotopic (exact) mass is 465 g/mol. The van der Waals surface area contributed by atoms with Crippen molar-refractivity contribution in [3.05, 3.63) is 47.9 Å². The third-order valence-corrected chi connectivity index (χ3v) is 5.84. The number of amides is 1. The van der Waals surface area contributed by atoms with Gasteiger partial charge in [0.2, 0.25) is 0 Å². The van der Waals surface area contributed by atoms with Crippen LogP contribution in [-0.2, 0) is 4.74 Å². The summed E-state index contributed by atoms with van der Waals surface area (Å²) in [7, 11) is 1.57. The normalized spacial score (nSPS) is 18.4. The molecule has 3 aromatic rings. The molecule has 1 saturated carbocycles. The number of benzene rings is 1. The van der Waals surface area contributed by atoms with Gasteiger partial charge in [0.05, 0.1) is 18.1 Å². The smallest absolute Gasteiger partial charge is 0.407 e. The van der Waals surface area contributed by atoms with Gasteiger partial charge < -0.3 is 25.1 Å². The number of nitrogens with one attached hydrogen (secondary N) is 3. The van der Waals surface area contributed by atoms with E-state index in [0.717, 1.165) is 25.7 Å². The predicted octanol–water partition coefficient (Wildman–Crippen LogP) is 4.45. The molecule has 1 aromatic carbocycles. The number of H-pyrrole nitrogens is 1. The molecule has 9 nitrogen and oxygen atoms in total. The second kappa shape index (κ2) is 9.70. The average Bonchev–Trinajstić information content (AvgIpc) is 3.24. The molecule has 1 fully saturated rings. The van der Waals surface area contributed by atoms with Gasteiger partial charge in [0.15, 0.2) is 5.78 Å². The predicted molar refractivity (Wildman–Crippen MR) is 129 cm³/mol. The van der Waals surface area contributed by atoms with Crippen molar-refractivity contribution in [2.45, 2.75) is 64.1 Å². The maximum Gasteiger partial charge on any atom is 0.407 e. The lowest BCUT2D eigenvalue weighted by Crippen LogP contribution is -2.42. The van der Waals surface area contributed by atoms with Crippen LogP contribution in [0, 0.1) is 0 Å². The molecule has 2 heterocycles. The second-order valence-electron chi connectivity index (χ2n) is 9.55. The summed E-state index contributed by atoms with van der Waals surface area (Å²) in [6.45, 7) is 5.55. The van der Waals surface area contributed by atoms with E-state index in [1.165, 1.54) is 6.33 Å². The lowest BCUT2D eigenvalue weighted by molar-refractivity contribution is 0.0492. The highest BCUT2D eigenvalue weighted by molar-refractivity contribution is 6.18. The molecule has 180 valence electrons. The van der Waals surface area contributed by atoms with Crippen molar-refractivity contribution < 1.29 is 19.1 Å². The van der Waals surface area contributed by atoms with Crippen molar-refractivity contribution in [3.63, 3.8) is 0 Å². The Hall–Kier alpha value is -3.62. The first-order valence-electron chi connectivity index (χ1n) is 11.5. The first-order chi connectivity index (χ1) is 16.2. The van der Waals surface area contributed by atoms with Crippen molar-refractivity contribution >= 4 is 28.7 Å². The topological polar surface area (TPSA) is 118 Å². The maximum atomic E-state index is 13.3. The Morgan fingerprint density at radius 3 is 2.53 bits per heavy atom. The Balaban J connectivity index is 1.46. The molecule has 34 heavy (non-hydrogen) atoms. The summed E-state index contributed by atoms with van der Waals surface area (Å²) in [5, 5.41) is 7.13. The zero-order valence-electron chi connectivity index (χ0n) is 20.0. The van der Waals surface area contributed by atoms with Crippen molar-refractivity contribution in [3.8, 4) is 5.75 Å². The molecule has 1 amide bonds. The highest BCUT2D eigenvalue weighted by Crippen LogP contribution is 2.29. The Kier molecular flexibility index (Phi) is 6.72. The quantitative estimate of drug-likeness (QED) is 0.460. The fourth-order valence-corrected chi connectivity index (χ4v) is 4.22. The minimum atomic E-state index is -0.516. The van der Waals surface area contributed by atoms with E-state index in [2.05, 4.69) is 25.6 Å². The lowest BCUT2D eigenvalue weighted by atomic mass is 9.91. The van der Waals surface area contributed by atoms with Crippen LogP contribution < -0.4 is 15.4 Å². The zero-order chi connectivity index (χ0) is 24.3. The van der Waals surface area contributed by atoms with Gasteiger partial charge in [-0.25, -0.2) is 14.8 Å². The van der Waals surface area contributed by atoms with Crippen LogP contribution in [-0.4, -0.2) is 51.6 Å². The number of aromatic nitrogens is 3. The van der Waals surface area contributed by atoms with Gasteiger partial charge in [0, 0.05) is 23.8 Å². The van der Waals surface area contributed by atoms with Crippen LogP contribution in [0.5, 0.6) is 5.75 Å². The fourth-order valence-electron chi connectivity index (χ4n) is 4.22. The molecule has 3 N–H and O–H groups in total. The molecule has 0 unspecified atom stereocenters. The van der Waals surface area contributed by atoms with Gasteiger partial charge in [-0.15, -0.1) is 0 Å². The number of ether oxygens (including phenoxy) is 2. The van der Waals surface area contributed by atoms with E-state index in [1.54, 1.807) is 37.6 Å². The van der Waals surface area contributed by atoms with E-state index in [0.29, 0.717) is 33.7 Å². The molecule has 1 aliphatic rings. The van der Waals surface area contributed by atoms with Crippen molar-refractivity contribution in [1.29, 1.82) is 0 Å². The minimum Gasteiger partial charge on any atom is -0.497 e. The third-order valence-electron chi connectivity index (χ3n) is 5.84. The van der Waals surface area contributed by atoms with E-state index >= 15 is 0 Å². The maximum absolute atomic E-state index is 13.3. The molecule has 1 aliphatic carbocycles. The lowest BCUT2D eigenvalue weighted by Gasteiger charge is -2.30. The van der Waals surface area contributed by atoms with E-state index in [-0.39, 0.29) is 24.0 Å². The molecule has 0 atom stereocenters. The largest absolute Gasteiger partial charge is 0.497 e. The SMILES string of the molecule is COc1cccc(C(=O)c2c[nH]c3ncnc(N[C@H]4CC[C@@H](NC(=O)OC(C)(C)C)CC4)c23)c1. The van der Waals surface area contributed by atoms with Gasteiger partial charge >= 0.3 is 6.09 Å². The second-order valence-corrected chi connectivity index (χ2v) is 9.55. The summed E-state index contributed by atoms with van der Waals surface area (Å²) in [5.74, 6) is 1.12. The number of hydrogen-bond donors (Lipinski definition) is 3. The number of fused-ring (bicyclic) bond motifs is 1. The van der Waals surface area contributed by atoms with Crippen LogP contribution in [0.25, 0.3) is 11.0 Å². The minimum absolute atomic E-state index is 0.0794. The Labute approximate surface area is 198 Å². The number of ketones is 1. The number of hydrogen-bond acceptors (Lipinski definition) is 7. The third kappa shape index (κ3) is 5.47. The molecule has 0 bridgehead atoms. The highest BCUT2D eigenvalue weighted by atomic mass is 16.6. The molecule has 0 radical (unpaired) electrons. The number of carbonyl (C=O) groups is 2. The van der Waals surface area contributed by atoms with Crippen LogP contribution in [0.2, 0.25) is 0 Å². The summed E-state index contributed by atoms with van der Waals surface area (Å²) in [4.78, 5) is 37.2. The molecule has 0 spiro atoms.